The number of halogens is 3. The number of benzene rings is 2. The van der Waals surface area contributed by atoms with Crippen LogP contribution in [0, 0.1) is 18.6 Å². The number of nitrogens with one attached hydrogen (secondary N) is 1. The normalized spacial score (nSPS) is 10.4. The fourth-order valence-corrected chi connectivity index (χ4v) is 2.20. The van der Waals surface area contributed by atoms with Crippen LogP contribution in [0.1, 0.15) is 21.5 Å². The third-order valence-corrected chi connectivity index (χ3v) is 3.68. The van der Waals surface area contributed by atoms with Crippen molar-refractivity contribution in [3.05, 3.63) is 69.2 Å². The van der Waals surface area contributed by atoms with Gasteiger partial charge in [0.05, 0.1) is 0 Å². The molecule has 0 aliphatic rings. The number of rotatable bonds is 3. The minimum atomic E-state index is -0.863. The minimum Gasteiger partial charge on any atom is -0.348 e. The SMILES string of the molecule is Cc1ccc(F)c(C(=O)NCc2ccccc2Br)c1F. The van der Waals surface area contributed by atoms with E-state index < -0.39 is 23.1 Å². The Morgan fingerprint density at radius 2 is 1.90 bits per heavy atom. The van der Waals surface area contributed by atoms with E-state index in [9.17, 15) is 13.6 Å². The van der Waals surface area contributed by atoms with Crippen molar-refractivity contribution in [2.24, 2.45) is 0 Å². The number of hydrogen-bond donors (Lipinski definition) is 1. The Morgan fingerprint density at radius 3 is 2.60 bits per heavy atom. The van der Waals surface area contributed by atoms with Gasteiger partial charge in [-0.3, -0.25) is 4.79 Å². The van der Waals surface area contributed by atoms with Crippen molar-refractivity contribution in [2.75, 3.05) is 0 Å². The molecule has 0 aliphatic heterocycles. The Bertz CT molecular complexity index is 658. The fraction of sp³-hybridized carbons (Fsp3) is 0.133. The smallest absolute Gasteiger partial charge is 0.257 e. The van der Waals surface area contributed by atoms with Crippen LogP contribution in [0.5, 0.6) is 0 Å². The van der Waals surface area contributed by atoms with Crippen LogP contribution in [0.15, 0.2) is 40.9 Å². The fourth-order valence-electron chi connectivity index (χ4n) is 1.77. The van der Waals surface area contributed by atoms with E-state index in [-0.39, 0.29) is 12.1 Å². The molecule has 1 amide bonds. The maximum absolute atomic E-state index is 13.8. The van der Waals surface area contributed by atoms with E-state index >= 15 is 0 Å². The van der Waals surface area contributed by atoms with Gasteiger partial charge in [0.2, 0.25) is 0 Å². The number of hydrogen-bond acceptors (Lipinski definition) is 1. The average molecular weight is 340 g/mol. The topological polar surface area (TPSA) is 29.1 Å². The first-order valence-corrected chi connectivity index (χ1v) is 6.76. The van der Waals surface area contributed by atoms with Gasteiger partial charge in [-0.1, -0.05) is 40.2 Å². The molecule has 1 N–H and O–H groups in total. The first kappa shape index (κ1) is 14.7. The maximum Gasteiger partial charge on any atom is 0.257 e. The summed E-state index contributed by atoms with van der Waals surface area (Å²) in [7, 11) is 0. The molecular formula is C15H12BrF2NO. The molecule has 2 rings (SSSR count). The van der Waals surface area contributed by atoms with Crippen LogP contribution in [0.4, 0.5) is 8.78 Å². The standard InChI is InChI=1S/C15H12BrF2NO/c1-9-6-7-12(17)13(14(9)18)15(20)19-8-10-4-2-3-5-11(10)16/h2-7H,8H2,1H3,(H,19,20). The van der Waals surface area contributed by atoms with Gasteiger partial charge >= 0.3 is 0 Å². The second-order valence-electron chi connectivity index (χ2n) is 4.33. The first-order valence-electron chi connectivity index (χ1n) is 5.97. The third kappa shape index (κ3) is 3.04. The molecular weight excluding hydrogens is 328 g/mol. The molecule has 0 spiro atoms. The number of aryl methyl sites for hydroxylation is 1. The molecule has 0 fully saturated rings. The highest BCUT2D eigenvalue weighted by Gasteiger charge is 2.18. The van der Waals surface area contributed by atoms with Crippen molar-refractivity contribution in [2.45, 2.75) is 13.5 Å². The molecule has 104 valence electrons. The van der Waals surface area contributed by atoms with E-state index in [4.69, 9.17) is 0 Å². The maximum atomic E-state index is 13.8. The van der Waals surface area contributed by atoms with Crippen molar-refractivity contribution in [3.8, 4) is 0 Å². The van der Waals surface area contributed by atoms with Crippen molar-refractivity contribution < 1.29 is 13.6 Å². The molecule has 0 bridgehead atoms. The van der Waals surface area contributed by atoms with Crippen LogP contribution in [0.3, 0.4) is 0 Å². The monoisotopic (exact) mass is 339 g/mol. The van der Waals surface area contributed by atoms with Crippen LogP contribution in [-0.4, -0.2) is 5.91 Å². The van der Waals surface area contributed by atoms with Crippen LogP contribution < -0.4 is 5.32 Å². The highest BCUT2D eigenvalue weighted by Crippen LogP contribution is 2.18. The number of carbonyl (C=O) groups is 1. The zero-order valence-corrected chi connectivity index (χ0v) is 12.3. The number of carbonyl (C=O) groups excluding carboxylic acids is 1. The molecule has 20 heavy (non-hydrogen) atoms. The van der Waals surface area contributed by atoms with Gasteiger partial charge in [-0.05, 0) is 30.2 Å². The highest BCUT2D eigenvalue weighted by molar-refractivity contribution is 9.10. The molecule has 0 saturated carbocycles. The van der Waals surface area contributed by atoms with Gasteiger partial charge in [-0.25, -0.2) is 8.78 Å². The molecule has 2 aromatic rings. The summed E-state index contributed by atoms with van der Waals surface area (Å²) in [6.07, 6.45) is 0. The van der Waals surface area contributed by atoms with E-state index in [1.165, 1.54) is 13.0 Å². The van der Waals surface area contributed by atoms with Crippen molar-refractivity contribution in [3.63, 3.8) is 0 Å². The van der Waals surface area contributed by atoms with Gasteiger partial charge < -0.3 is 5.32 Å². The summed E-state index contributed by atoms with van der Waals surface area (Å²) in [6.45, 7) is 1.67. The summed E-state index contributed by atoms with van der Waals surface area (Å²) < 4.78 is 28.2. The van der Waals surface area contributed by atoms with Crippen molar-refractivity contribution >= 4 is 21.8 Å². The largest absolute Gasteiger partial charge is 0.348 e. The highest BCUT2D eigenvalue weighted by atomic mass is 79.9. The second kappa shape index (κ2) is 6.13. The van der Waals surface area contributed by atoms with Crippen molar-refractivity contribution in [1.29, 1.82) is 0 Å². The van der Waals surface area contributed by atoms with E-state index in [1.54, 1.807) is 0 Å². The minimum absolute atomic E-state index is 0.188. The molecule has 0 aliphatic carbocycles. The Hall–Kier alpha value is -1.75. The van der Waals surface area contributed by atoms with Crippen LogP contribution >= 0.6 is 15.9 Å². The molecule has 0 saturated heterocycles. The summed E-state index contributed by atoms with van der Waals surface area (Å²) in [5.74, 6) is -2.45. The average Bonchev–Trinajstić information content (AvgIpc) is 2.42. The van der Waals surface area contributed by atoms with Gasteiger partial charge in [0, 0.05) is 11.0 Å². The van der Waals surface area contributed by atoms with E-state index in [0.29, 0.717) is 0 Å². The lowest BCUT2D eigenvalue weighted by Crippen LogP contribution is -2.25. The molecule has 0 unspecified atom stereocenters. The molecule has 0 radical (unpaired) electrons. The van der Waals surface area contributed by atoms with Crippen LogP contribution in [0.2, 0.25) is 0 Å². The summed E-state index contributed by atoms with van der Waals surface area (Å²) in [5, 5.41) is 2.52. The Labute approximate surface area is 123 Å². The van der Waals surface area contributed by atoms with Crippen LogP contribution in [-0.2, 0) is 6.54 Å². The second-order valence-corrected chi connectivity index (χ2v) is 5.18. The van der Waals surface area contributed by atoms with Gasteiger partial charge in [0.25, 0.3) is 5.91 Å². The Morgan fingerprint density at radius 1 is 1.20 bits per heavy atom. The van der Waals surface area contributed by atoms with Crippen molar-refractivity contribution in [1.82, 2.24) is 5.32 Å². The zero-order chi connectivity index (χ0) is 14.7. The first-order chi connectivity index (χ1) is 9.50. The zero-order valence-electron chi connectivity index (χ0n) is 10.7. The molecule has 2 aromatic carbocycles. The lowest BCUT2D eigenvalue weighted by molar-refractivity contribution is 0.0942. The van der Waals surface area contributed by atoms with Gasteiger partial charge in [0.1, 0.15) is 17.2 Å². The lowest BCUT2D eigenvalue weighted by atomic mass is 10.1. The summed E-state index contributed by atoms with van der Waals surface area (Å²) in [6, 6.07) is 9.69. The quantitative estimate of drug-likeness (QED) is 0.900. The lowest BCUT2D eigenvalue weighted by Gasteiger charge is -2.09. The molecule has 5 heteroatoms. The van der Waals surface area contributed by atoms with E-state index in [1.807, 2.05) is 24.3 Å². The Balaban J connectivity index is 2.18. The summed E-state index contributed by atoms with van der Waals surface area (Å²) in [4.78, 5) is 11.9. The number of amides is 1. The van der Waals surface area contributed by atoms with Crippen LogP contribution in [0.25, 0.3) is 0 Å². The predicted octanol–water partition coefficient (Wildman–Crippen LogP) is 3.97. The summed E-state index contributed by atoms with van der Waals surface area (Å²) >= 11 is 3.34. The molecule has 0 aromatic heterocycles. The van der Waals surface area contributed by atoms with E-state index in [0.717, 1.165) is 16.1 Å². The van der Waals surface area contributed by atoms with Gasteiger partial charge in [-0.2, -0.15) is 0 Å². The summed E-state index contributed by atoms with van der Waals surface area (Å²) in [5.41, 5.74) is 0.517. The Kier molecular flexibility index (Phi) is 4.49. The predicted molar refractivity (Wildman–Crippen MR) is 76.4 cm³/mol. The molecule has 0 heterocycles. The molecule has 0 atom stereocenters. The third-order valence-electron chi connectivity index (χ3n) is 2.91. The van der Waals surface area contributed by atoms with Gasteiger partial charge in [-0.15, -0.1) is 0 Å². The van der Waals surface area contributed by atoms with Gasteiger partial charge in [0.15, 0.2) is 0 Å². The van der Waals surface area contributed by atoms with E-state index in [2.05, 4.69) is 21.2 Å². The molecule has 2 nitrogen and oxygen atoms in total.